The van der Waals surface area contributed by atoms with Gasteiger partial charge in [0.25, 0.3) is 0 Å². The summed E-state index contributed by atoms with van der Waals surface area (Å²) in [7, 11) is 0. The number of rotatable bonds is 4. The quantitative estimate of drug-likeness (QED) is 0.687. The van der Waals surface area contributed by atoms with Crippen molar-refractivity contribution in [3.8, 4) is 0 Å². The second-order valence-electron chi connectivity index (χ2n) is 3.00. The van der Waals surface area contributed by atoms with Crippen molar-refractivity contribution in [2.24, 2.45) is 5.92 Å². The van der Waals surface area contributed by atoms with Gasteiger partial charge in [-0.1, -0.05) is 6.92 Å². The van der Waals surface area contributed by atoms with Crippen LogP contribution in [0, 0.1) is 5.92 Å². The van der Waals surface area contributed by atoms with Crippen LogP contribution in [0.1, 0.15) is 13.3 Å². The topological polar surface area (TPSA) is 49.3 Å². The van der Waals surface area contributed by atoms with Gasteiger partial charge in [-0.2, -0.15) is 11.8 Å². The minimum Gasteiger partial charge on any atom is -0.480 e. The van der Waals surface area contributed by atoms with E-state index in [1.807, 2.05) is 18.7 Å². The first kappa shape index (κ1) is 9.86. The van der Waals surface area contributed by atoms with E-state index in [0.717, 1.165) is 24.5 Å². The maximum atomic E-state index is 10.8. The molecule has 0 aliphatic carbocycles. The highest BCUT2D eigenvalue weighted by molar-refractivity contribution is 7.99. The highest BCUT2D eigenvalue weighted by Crippen LogP contribution is 2.26. The van der Waals surface area contributed by atoms with Gasteiger partial charge in [0.15, 0.2) is 0 Å². The molecule has 0 spiro atoms. The normalized spacial score (nSPS) is 25.6. The van der Waals surface area contributed by atoms with Crippen molar-refractivity contribution in [2.45, 2.75) is 19.4 Å². The van der Waals surface area contributed by atoms with Crippen LogP contribution in [0.5, 0.6) is 0 Å². The van der Waals surface area contributed by atoms with E-state index < -0.39 is 5.97 Å². The molecule has 2 unspecified atom stereocenters. The molecule has 1 rings (SSSR count). The summed E-state index contributed by atoms with van der Waals surface area (Å²) in [5.41, 5.74) is 0. The lowest BCUT2D eigenvalue weighted by Gasteiger charge is -2.18. The van der Waals surface area contributed by atoms with Crippen LogP contribution in [0.25, 0.3) is 0 Å². The van der Waals surface area contributed by atoms with Crippen LogP contribution < -0.4 is 5.32 Å². The second kappa shape index (κ2) is 4.72. The second-order valence-corrected chi connectivity index (χ2v) is 4.15. The van der Waals surface area contributed by atoms with Crippen molar-refractivity contribution in [1.82, 2.24) is 5.32 Å². The van der Waals surface area contributed by atoms with Gasteiger partial charge in [-0.05, 0) is 30.4 Å². The number of carbonyl (C=O) groups is 1. The average Bonchev–Trinajstić information content (AvgIpc) is 2.51. The Hall–Kier alpha value is -0.220. The molecule has 70 valence electrons. The Morgan fingerprint density at radius 1 is 1.83 bits per heavy atom. The molecule has 2 N–H and O–H groups in total. The summed E-state index contributed by atoms with van der Waals surface area (Å²) in [6, 6.07) is -0.329. The highest BCUT2D eigenvalue weighted by atomic mass is 32.2. The molecule has 0 saturated carbocycles. The molecule has 1 aliphatic heterocycles. The van der Waals surface area contributed by atoms with E-state index >= 15 is 0 Å². The zero-order valence-electron chi connectivity index (χ0n) is 7.25. The molecule has 1 fully saturated rings. The lowest BCUT2D eigenvalue weighted by molar-refractivity contribution is -0.140. The summed E-state index contributed by atoms with van der Waals surface area (Å²) >= 11 is 1.85. The molecule has 0 aromatic carbocycles. The summed E-state index contributed by atoms with van der Waals surface area (Å²) in [6.07, 6.45) is 1.04. The molecule has 2 atom stereocenters. The predicted octanol–water partition coefficient (Wildman–Crippen LogP) is 0.802. The number of thioether (sulfide) groups is 1. The van der Waals surface area contributed by atoms with Gasteiger partial charge >= 0.3 is 5.97 Å². The van der Waals surface area contributed by atoms with Crippen molar-refractivity contribution < 1.29 is 9.90 Å². The minimum atomic E-state index is -0.704. The van der Waals surface area contributed by atoms with Crippen molar-refractivity contribution in [1.29, 1.82) is 0 Å². The van der Waals surface area contributed by atoms with Gasteiger partial charge in [-0.15, -0.1) is 0 Å². The summed E-state index contributed by atoms with van der Waals surface area (Å²) in [5, 5.41) is 11.9. The monoisotopic (exact) mass is 189 g/mol. The van der Waals surface area contributed by atoms with Crippen LogP contribution >= 0.6 is 11.8 Å². The van der Waals surface area contributed by atoms with E-state index in [1.165, 1.54) is 0 Å². The number of likely N-dealkylation sites (N-methyl/N-ethyl adjacent to an activating group) is 1. The molecule has 0 radical (unpaired) electrons. The van der Waals surface area contributed by atoms with Crippen LogP contribution in [-0.2, 0) is 4.79 Å². The number of carboxylic acids is 1. The molecule has 0 aromatic rings. The molecule has 4 heteroatoms. The van der Waals surface area contributed by atoms with Gasteiger partial charge < -0.3 is 10.4 Å². The fourth-order valence-electron chi connectivity index (χ4n) is 1.49. The number of hydrogen-bond acceptors (Lipinski definition) is 3. The van der Waals surface area contributed by atoms with Crippen LogP contribution in [0.4, 0.5) is 0 Å². The summed E-state index contributed by atoms with van der Waals surface area (Å²) in [4.78, 5) is 10.8. The zero-order valence-corrected chi connectivity index (χ0v) is 8.06. The third kappa shape index (κ3) is 2.38. The first-order chi connectivity index (χ1) is 5.75. The molecule has 0 aromatic heterocycles. The highest BCUT2D eigenvalue weighted by Gasteiger charge is 2.29. The molecule has 1 saturated heterocycles. The van der Waals surface area contributed by atoms with Gasteiger partial charge in [0, 0.05) is 0 Å². The number of nitrogens with one attached hydrogen (secondary N) is 1. The Morgan fingerprint density at radius 2 is 2.58 bits per heavy atom. The smallest absolute Gasteiger partial charge is 0.321 e. The zero-order chi connectivity index (χ0) is 8.97. The van der Waals surface area contributed by atoms with Crippen molar-refractivity contribution in [3.63, 3.8) is 0 Å². The Kier molecular flexibility index (Phi) is 3.88. The van der Waals surface area contributed by atoms with Gasteiger partial charge in [0.2, 0.25) is 0 Å². The largest absolute Gasteiger partial charge is 0.480 e. The predicted molar refractivity (Wildman–Crippen MR) is 50.5 cm³/mol. The molecule has 1 aliphatic rings. The van der Waals surface area contributed by atoms with E-state index in [9.17, 15) is 4.79 Å². The maximum absolute atomic E-state index is 10.8. The third-order valence-corrected chi connectivity index (χ3v) is 3.31. The number of hydrogen-bond donors (Lipinski definition) is 2. The van der Waals surface area contributed by atoms with Gasteiger partial charge in [0.1, 0.15) is 6.04 Å². The molecule has 3 nitrogen and oxygen atoms in total. The Morgan fingerprint density at radius 3 is 3.00 bits per heavy atom. The van der Waals surface area contributed by atoms with Crippen LogP contribution in [0.15, 0.2) is 0 Å². The fourth-order valence-corrected chi connectivity index (χ4v) is 2.79. The Balaban J connectivity index is 2.45. The van der Waals surface area contributed by atoms with E-state index in [1.54, 1.807) is 0 Å². The number of carboxylic acid groups (broad SMARTS) is 1. The molecular formula is C8H15NO2S. The lowest BCUT2D eigenvalue weighted by atomic mass is 9.99. The summed E-state index contributed by atoms with van der Waals surface area (Å²) in [6.45, 7) is 2.68. The molecule has 12 heavy (non-hydrogen) atoms. The standard InChI is InChI=1S/C8H15NO2S/c1-2-9-7(8(10)11)6-3-4-12-5-6/h6-7,9H,2-5H2,1H3,(H,10,11). The molecule has 0 bridgehead atoms. The van der Waals surface area contributed by atoms with E-state index in [0.29, 0.717) is 5.92 Å². The fraction of sp³-hybridized carbons (Fsp3) is 0.875. The molecule has 0 amide bonds. The van der Waals surface area contributed by atoms with E-state index in [-0.39, 0.29) is 6.04 Å². The first-order valence-corrected chi connectivity index (χ1v) is 5.45. The van der Waals surface area contributed by atoms with Gasteiger partial charge in [0.05, 0.1) is 0 Å². The summed E-state index contributed by atoms with van der Waals surface area (Å²) < 4.78 is 0. The SMILES string of the molecule is CCNC(C(=O)O)C1CCSC1. The van der Waals surface area contributed by atoms with Crippen molar-refractivity contribution >= 4 is 17.7 Å². The average molecular weight is 189 g/mol. The van der Waals surface area contributed by atoms with E-state index in [2.05, 4.69) is 5.32 Å². The van der Waals surface area contributed by atoms with Crippen molar-refractivity contribution in [2.75, 3.05) is 18.1 Å². The first-order valence-electron chi connectivity index (χ1n) is 4.29. The van der Waals surface area contributed by atoms with Gasteiger partial charge in [-0.3, -0.25) is 4.79 Å². The van der Waals surface area contributed by atoms with Crippen LogP contribution in [-0.4, -0.2) is 35.2 Å². The maximum Gasteiger partial charge on any atom is 0.321 e. The Bertz CT molecular complexity index is 157. The minimum absolute atomic E-state index is 0.326. The lowest BCUT2D eigenvalue weighted by Crippen LogP contribution is -2.42. The molecule has 1 heterocycles. The van der Waals surface area contributed by atoms with Crippen molar-refractivity contribution in [3.05, 3.63) is 0 Å². The van der Waals surface area contributed by atoms with E-state index in [4.69, 9.17) is 5.11 Å². The van der Waals surface area contributed by atoms with Crippen LogP contribution in [0.2, 0.25) is 0 Å². The molecular weight excluding hydrogens is 174 g/mol. The number of aliphatic carboxylic acids is 1. The third-order valence-electron chi connectivity index (χ3n) is 2.13. The van der Waals surface area contributed by atoms with Gasteiger partial charge in [-0.25, -0.2) is 0 Å². The van der Waals surface area contributed by atoms with Crippen LogP contribution in [0.3, 0.4) is 0 Å². The Labute approximate surface area is 76.9 Å². The summed E-state index contributed by atoms with van der Waals surface area (Å²) in [5.74, 6) is 1.72.